The molecule has 16 aromatic carbocycles. The summed E-state index contributed by atoms with van der Waals surface area (Å²) in [6.07, 6.45) is 0. The maximum Gasteiger partial charge on any atom is 1.00 e. The molecule has 0 bridgehead atoms. The first-order valence-electron chi connectivity index (χ1n) is 37.2. The van der Waals surface area contributed by atoms with Gasteiger partial charge in [0.05, 0.1) is 19.9 Å². The van der Waals surface area contributed by atoms with Gasteiger partial charge in [-0.3, -0.25) is 25.0 Å². The van der Waals surface area contributed by atoms with Crippen molar-refractivity contribution < 1.29 is 159 Å². The van der Waals surface area contributed by atoms with Crippen LogP contribution in [0.5, 0.6) is 0 Å². The predicted molar refractivity (Wildman–Crippen MR) is 504 cm³/mol. The van der Waals surface area contributed by atoms with Gasteiger partial charge in [-0.15, -0.1) is 0 Å². The summed E-state index contributed by atoms with van der Waals surface area (Å²) >= 11 is 14.6. The summed E-state index contributed by atoms with van der Waals surface area (Å²) in [5, 5.41) is 65.2. The third-order valence-corrected chi connectivity index (χ3v) is 28.3. The van der Waals surface area contributed by atoms with E-state index in [0.29, 0.717) is 25.5 Å². The molecule has 0 unspecified atom stereocenters. The average molecular weight is 1920 g/mol. The Kier molecular flexibility index (Phi) is 48.8. The monoisotopic (exact) mass is 1910 g/mol. The molecule has 0 aliphatic heterocycles. The first kappa shape index (κ1) is 102. The van der Waals surface area contributed by atoms with E-state index in [4.69, 9.17) is 43.3 Å². The molecule has 0 heterocycles. The Labute approximate surface area is 833 Å². The Hall–Kier alpha value is -7.55. The van der Waals surface area contributed by atoms with Gasteiger partial charge in [0.15, 0.2) is 0 Å². The smallest absolute Gasteiger partial charge is 1.00 e. The molecular formula is C99H84BBrCl2K2N2O9P4Pd. The molecule has 0 aliphatic carbocycles. The fourth-order valence-electron chi connectivity index (χ4n) is 12.0. The minimum Gasteiger partial charge on any atom is -1.00 e. The fraction of sp³-hybridized carbons (Fsp3) is 0.0202. The number of nitrogens with zero attached hydrogens (tertiary/aromatic N) is 2. The molecule has 121 heavy (non-hydrogen) atoms. The van der Waals surface area contributed by atoms with Crippen molar-refractivity contribution in [3.05, 3.63) is 495 Å². The van der Waals surface area contributed by atoms with E-state index >= 15 is 0 Å². The normalized spacial score (nSPS) is 9.92. The molecule has 0 aliphatic rings. The summed E-state index contributed by atoms with van der Waals surface area (Å²) in [7, 11) is -3.19. The van der Waals surface area contributed by atoms with Crippen molar-refractivity contribution >= 4 is 165 Å². The van der Waals surface area contributed by atoms with Crippen LogP contribution in [0.25, 0.3) is 11.1 Å². The van der Waals surface area contributed by atoms with E-state index in [0.717, 1.165) is 16.7 Å². The number of rotatable bonds is 17. The number of aryl methyl sites for hydroxylation is 2. The molecular weight excluding hydrogens is 1830 g/mol. The van der Waals surface area contributed by atoms with Crippen molar-refractivity contribution in [3.63, 3.8) is 0 Å². The van der Waals surface area contributed by atoms with Crippen molar-refractivity contribution in [1.29, 1.82) is 0 Å². The summed E-state index contributed by atoms with van der Waals surface area (Å²) in [6.45, 7) is 3.48. The van der Waals surface area contributed by atoms with Gasteiger partial charge in [-0.1, -0.05) is 424 Å². The third kappa shape index (κ3) is 33.8. The van der Waals surface area contributed by atoms with Crippen LogP contribution in [0.2, 0.25) is 10.0 Å². The molecule has 0 saturated carbocycles. The molecule has 22 heteroatoms. The number of benzene rings is 16. The Morgan fingerprint density at radius 1 is 0.322 bits per heavy atom. The molecule has 0 spiro atoms. The summed E-state index contributed by atoms with van der Waals surface area (Å²) in [5.41, 5.74) is 3.86. The number of carbonyl (C=O) groups excluding carboxylic acids is 1. The van der Waals surface area contributed by atoms with E-state index in [1.807, 2.05) is 6.92 Å². The Morgan fingerprint density at radius 2 is 0.521 bits per heavy atom. The van der Waals surface area contributed by atoms with Crippen LogP contribution in [0.3, 0.4) is 0 Å². The van der Waals surface area contributed by atoms with E-state index < -0.39 is 43.7 Å². The van der Waals surface area contributed by atoms with Gasteiger partial charge in [-0.25, -0.2) is 0 Å². The number of nitro groups is 2. The Balaban J connectivity index is 0.000000252. The van der Waals surface area contributed by atoms with Crippen molar-refractivity contribution in [2.24, 2.45) is 0 Å². The molecule has 16 aromatic rings. The second-order valence-electron chi connectivity index (χ2n) is 25.4. The molecule has 0 radical (unpaired) electrons. The van der Waals surface area contributed by atoms with Crippen molar-refractivity contribution in [3.8, 4) is 11.1 Å². The van der Waals surface area contributed by atoms with Crippen LogP contribution in [-0.4, -0.2) is 33.5 Å². The van der Waals surface area contributed by atoms with Crippen molar-refractivity contribution in [2.75, 3.05) is 0 Å². The molecule has 0 aromatic heterocycles. The minimum absolute atomic E-state index is 0. The van der Waals surface area contributed by atoms with Gasteiger partial charge in [0.25, 0.3) is 17.8 Å². The van der Waals surface area contributed by atoms with Crippen LogP contribution >= 0.6 is 70.8 Å². The zero-order valence-electron chi connectivity index (χ0n) is 67.8. The topological polar surface area (TPSA) is 176 Å². The number of halogens is 3. The molecule has 11 nitrogen and oxygen atoms in total. The van der Waals surface area contributed by atoms with Crippen LogP contribution in [0.1, 0.15) is 12.6 Å². The minimum atomic E-state index is -1.41. The van der Waals surface area contributed by atoms with Gasteiger partial charge in [0.2, 0.25) is 0 Å². The van der Waals surface area contributed by atoms with Gasteiger partial charge in [-0.2, -0.15) is 0 Å². The average Bonchev–Trinajstić information content (AvgIpc) is 0.864. The molecule has 600 valence electrons. The Bertz CT molecular complexity index is 4770. The van der Waals surface area contributed by atoms with Crippen LogP contribution in [-0.2, 0) is 30.1 Å². The van der Waals surface area contributed by atoms with E-state index in [9.17, 15) is 20.2 Å². The zero-order valence-corrected chi connectivity index (χ0v) is 81.2. The van der Waals surface area contributed by atoms with E-state index in [1.165, 1.54) is 75.8 Å². The quantitative estimate of drug-likeness (QED) is 0.0224. The molecule has 16 rings (SSSR count). The summed E-state index contributed by atoms with van der Waals surface area (Å²) in [6, 6.07) is 153. The van der Waals surface area contributed by atoms with Crippen LogP contribution in [0.4, 0.5) is 11.4 Å². The van der Waals surface area contributed by atoms with Gasteiger partial charge in [0.1, 0.15) is 0 Å². The predicted octanol–water partition coefficient (Wildman–Crippen LogP) is 13.2. The summed E-state index contributed by atoms with van der Waals surface area (Å²) in [5.74, 6) is 0. The molecule has 0 amide bonds. The number of hydrogen-bond donors (Lipinski definition) is 2. The fourth-order valence-corrected chi connectivity index (χ4v) is 22.1. The van der Waals surface area contributed by atoms with Crippen molar-refractivity contribution in [2.45, 2.75) is 13.8 Å². The molecule has 2 N–H and O–H groups in total. The van der Waals surface area contributed by atoms with Gasteiger partial charge in [0, 0.05) is 42.6 Å². The zero-order chi connectivity index (χ0) is 83.5. The van der Waals surface area contributed by atoms with Gasteiger partial charge in [-0.05, 0) is 184 Å². The number of carbonyl (C=O) groups is 1. The Morgan fingerprint density at radius 3 is 0.711 bits per heavy atom. The third-order valence-electron chi connectivity index (χ3n) is 17.4. The number of para-hydroxylation sites is 2. The van der Waals surface area contributed by atoms with Crippen LogP contribution < -0.4 is 177 Å². The maximum absolute atomic E-state index is 11.0. The first-order valence-corrected chi connectivity index (χ1v) is 44.1. The number of hydrogen-bond acceptors (Lipinski definition) is 9. The van der Waals surface area contributed by atoms with E-state index in [1.54, 1.807) is 79.7 Å². The summed E-state index contributed by atoms with van der Waals surface area (Å²) < 4.78 is 0.514. The van der Waals surface area contributed by atoms with Crippen molar-refractivity contribution in [1.82, 2.24) is 0 Å². The second kappa shape index (κ2) is 57.8. The standard InChI is InChI=1S/4C18H15P.C13H10ClNO2.C7H8BClO2.C6H4BrNO2.CH2O3.2K.Pd.H/c4*1-4-10-16(11-5-1)19(17-12-6-2-7-13-17)18-14-8-3-9-15-18;1-9-8-10(14)6-7-11(9)12-4-2-3-5-13(12)15(16)17;1-5-4-6(9)2-3-7(5)8(10)11;7-5-3-1-2-4-6(5)8(9)10;2-1-4-3;;;;/h4*1-15H;2-8H,1H3;2-4,10-11H,1H3;1-4H;1,3H;;;;/q;;;;;;;;2*+1;;-1/p-1. The first-order chi connectivity index (χ1) is 57.6. The largest absolute Gasteiger partial charge is 1.00 e. The van der Waals surface area contributed by atoms with E-state index in [2.05, 4.69) is 385 Å². The van der Waals surface area contributed by atoms with E-state index in [-0.39, 0.29) is 147 Å². The SMILES string of the molecule is Cc1cc(Cl)ccc1-c1ccccc1[N+](=O)[O-].Cc1cc(Cl)ccc1B(O)O.O=CO[O-].O=[N+]([O-])c1ccccc1Br.[H-].[K+].[K+].[Pd].c1ccc(P(c2ccccc2)c2ccccc2)cc1.c1ccc(P(c2ccccc2)c2ccccc2)cc1.c1ccc(P(c2ccccc2)c2ccccc2)cc1.c1ccc(P(c2ccccc2)c2ccccc2)cc1. The van der Waals surface area contributed by atoms with Crippen LogP contribution in [0, 0.1) is 34.1 Å². The van der Waals surface area contributed by atoms with Gasteiger partial charge < -0.3 is 21.6 Å². The second-order valence-corrected chi connectivity index (χ2v) is 36.0. The molecule has 0 atom stereocenters. The summed E-state index contributed by atoms with van der Waals surface area (Å²) in [4.78, 5) is 31.6. The number of nitro benzene ring substituents is 2. The molecule has 0 saturated heterocycles. The van der Waals surface area contributed by atoms with Gasteiger partial charge >= 0.3 is 110 Å². The maximum atomic E-state index is 11.0. The molecule has 0 fully saturated rings. The van der Waals surface area contributed by atoms with Crippen LogP contribution in [0.15, 0.2) is 453 Å².